The van der Waals surface area contributed by atoms with Crippen molar-refractivity contribution < 1.29 is 4.79 Å². The van der Waals surface area contributed by atoms with Crippen molar-refractivity contribution in [2.75, 3.05) is 11.9 Å². The molecule has 0 spiro atoms. The maximum absolute atomic E-state index is 11.9. The number of carbonyl (C=O) groups is 1. The zero-order chi connectivity index (χ0) is 15.8. The lowest BCUT2D eigenvalue weighted by Crippen LogP contribution is -2.24. The van der Waals surface area contributed by atoms with Crippen LogP contribution in [0.15, 0.2) is 42.6 Å². The second-order valence-corrected chi connectivity index (χ2v) is 5.32. The molecule has 0 bridgehead atoms. The summed E-state index contributed by atoms with van der Waals surface area (Å²) >= 11 is 0. The Morgan fingerprint density at radius 3 is 2.68 bits per heavy atom. The summed E-state index contributed by atoms with van der Waals surface area (Å²) in [5, 5.41) is 6.16. The molecule has 0 saturated heterocycles. The molecule has 1 aromatic carbocycles. The number of aryl methyl sites for hydroxylation is 1. The summed E-state index contributed by atoms with van der Waals surface area (Å²) < 4.78 is 0. The fourth-order valence-corrected chi connectivity index (χ4v) is 2.11. The number of anilines is 1. The lowest BCUT2D eigenvalue weighted by molar-refractivity contribution is 0.0953. The summed E-state index contributed by atoms with van der Waals surface area (Å²) in [6.07, 6.45) is 3.68. The summed E-state index contributed by atoms with van der Waals surface area (Å²) in [7, 11) is 0. The average Bonchev–Trinajstić information content (AvgIpc) is 2.55. The maximum Gasteiger partial charge on any atom is 0.252 e. The van der Waals surface area contributed by atoms with Crippen molar-refractivity contribution in [1.82, 2.24) is 10.3 Å². The van der Waals surface area contributed by atoms with Gasteiger partial charge in [-0.05, 0) is 36.6 Å². The van der Waals surface area contributed by atoms with Crippen molar-refractivity contribution in [3.05, 3.63) is 59.3 Å². The predicted molar refractivity (Wildman–Crippen MR) is 90.0 cm³/mol. The van der Waals surface area contributed by atoms with Crippen LogP contribution in [0, 0.1) is 6.92 Å². The molecule has 4 heteroatoms. The Hall–Kier alpha value is -2.36. The first kappa shape index (κ1) is 16.0. The molecule has 0 aliphatic heterocycles. The first-order chi connectivity index (χ1) is 10.7. The predicted octanol–water partition coefficient (Wildman–Crippen LogP) is 3.53. The minimum absolute atomic E-state index is 0.0635. The van der Waals surface area contributed by atoms with Crippen molar-refractivity contribution in [3.63, 3.8) is 0 Å². The normalized spacial score (nSPS) is 10.3. The highest BCUT2D eigenvalue weighted by Crippen LogP contribution is 2.11. The first-order valence-corrected chi connectivity index (χ1v) is 7.73. The zero-order valence-corrected chi connectivity index (χ0v) is 13.2. The van der Waals surface area contributed by atoms with E-state index in [0.717, 1.165) is 25.2 Å². The van der Waals surface area contributed by atoms with Gasteiger partial charge in [0.25, 0.3) is 5.91 Å². The van der Waals surface area contributed by atoms with Crippen LogP contribution in [0.25, 0.3) is 0 Å². The van der Waals surface area contributed by atoms with Gasteiger partial charge in [0.2, 0.25) is 0 Å². The van der Waals surface area contributed by atoms with Crippen molar-refractivity contribution in [2.24, 2.45) is 0 Å². The number of nitrogens with zero attached hydrogens (tertiary/aromatic N) is 1. The Balaban J connectivity index is 1.89. The number of rotatable bonds is 7. The van der Waals surface area contributed by atoms with E-state index in [-0.39, 0.29) is 5.91 Å². The topological polar surface area (TPSA) is 54.0 Å². The molecule has 1 aromatic heterocycles. The number of pyridine rings is 1. The summed E-state index contributed by atoms with van der Waals surface area (Å²) in [5.74, 6) is 0.708. The van der Waals surface area contributed by atoms with E-state index in [1.165, 1.54) is 11.1 Å². The molecule has 2 N–H and O–H groups in total. The Morgan fingerprint density at radius 1 is 1.18 bits per heavy atom. The molecule has 0 fully saturated rings. The summed E-state index contributed by atoms with van der Waals surface area (Å²) in [4.78, 5) is 16.2. The third-order valence-corrected chi connectivity index (χ3v) is 3.56. The van der Waals surface area contributed by atoms with E-state index in [0.29, 0.717) is 12.1 Å². The van der Waals surface area contributed by atoms with Gasteiger partial charge in [-0.1, -0.05) is 37.6 Å². The van der Waals surface area contributed by atoms with Crippen LogP contribution in [0.4, 0.5) is 5.82 Å². The summed E-state index contributed by atoms with van der Waals surface area (Å²) in [5.41, 5.74) is 3.09. The van der Waals surface area contributed by atoms with E-state index in [4.69, 9.17) is 0 Å². The molecule has 2 rings (SSSR count). The van der Waals surface area contributed by atoms with E-state index in [2.05, 4.69) is 41.6 Å². The molecule has 0 radical (unpaired) electrons. The third kappa shape index (κ3) is 4.58. The van der Waals surface area contributed by atoms with E-state index >= 15 is 0 Å². The van der Waals surface area contributed by atoms with Gasteiger partial charge in [0.05, 0.1) is 5.56 Å². The quantitative estimate of drug-likeness (QED) is 0.769. The highest BCUT2D eigenvalue weighted by Gasteiger charge is 2.05. The van der Waals surface area contributed by atoms with E-state index in [9.17, 15) is 4.79 Å². The number of unbranched alkanes of at least 4 members (excludes halogenated alkanes) is 1. The molecule has 0 saturated carbocycles. The number of hydrogen-bond donors (Lipinski definition) is 2. The van der Waals surface area contributed by atoms with Crippen molar-refractivity contribution in [2.45, 2.75) is 33.2 Å². The van der Waals surface area contributed by atoms with Crippen LogP contribution >= 0.6 is 0 Å². The standard InChI is InChI=1S/C18H23N3O/c1-3-4-11-19-18(22)16-9-10-17(21-13-16)20-12-15-8-6-5-7-14(15)2/h5-10,13H,3-4,11-12H2,1-2H3,(H,19,22)(H,20,21). The molecule has 0 unspecified atom stereocenters. The smallest absolute Gasteiger partial charge is 0.252 e. The Bertz CT molecular complexity index is 608. The van der Waals surface area contributed by atoms with Gasteiger partial charge in [-0.15, -0.1) is 0 Å². The van der Waals surface area contributed by atoms with Gasteiger partial charge in [-0.25, -0.2) is 4.98 Å². The van der Waals surface area contributed by atoms with E-state index in [1.807, 2.05) is 18.2 Å². The summed E-state index contributed by atoms with van der Waals surface area (Å²) in [6, 6.07) is 11.9. The highest BCUT2D eigenvalue weighted by atomic mass is 16.1. The Morgan fingerprint density at radius 2 is 2.00 bits per heavy atom. The molecule has 2 aromatic rings. The van der Waals surface area contributed by atoms with Crippen molar-refractivity contribution in [1.29, 1.82) is 0 Å². The van der Waals surface area contributed by atoms with Gasteiger partial charge in [-0.3, -0.25) is 4.79 Å². The summed E-state index contributed by atoms with van der Waals surface area (Å²) in [6.45, 7) is 5.63. The number of hydrogen-bond acceptors (Lipinski definition) is 3. The van der Waals surface area contributed by atoms with Gasteiger partial charge in [-0.2, -0.15) is 0 Å². The van der Waals surface area contributed by atoms with Gasteiger partial charge >= 0.3 is 0 Å². The molecule has 1 heterocycles. The monoisotopic (exact) mass is 297 g/mol. The van der Waals surface area contributed by atoms with Gasteiger partial charge in [0.15, 0.2) is 0 Å². The molecule has 1 amide bonds. The molecule has 0 atom stereocenters. The van der Waals surface area contributed by atoms with Crippen molar-refractivity contribution >= 4 is 11.7 Å². The SMILES string of the molecule is CCCCNC(=O)c1ccc(NCc2ccccc2C)nc1. The lowest BCUT2D eigenvalue weighted by atomic mass is 10.1. The number of amides is 1. The number of aromatic nitrogens is 1. The Kier molecular flexibility index (Phi) is 5.95. The van der Waals surface area contributed by atoms with Crippen LogP contribution in [0.5, 0.6) is 0 Å². The van der Waals surface area contributed by atoms with Crippen LogP contribution in [-0.2, 0) is 6.54 Å². The van der Waals surface area contributed by atoms with Crippen LogP contribution in [-0.4, -0.2) is 17.4 Å². The van der Waals surface area contributed by atoms with Gasteiger partial charge in [0, 0.05) is 19.3 Å². The minimum Gasteiger partial charge on any atom is -0.366 e. The second-order valence-electron chi connectivity index (χ2n) is 5.32. The molecule has 116 valence electrons. The largest absolute Gasteiger partial charge is 0.366 e. The van der Waals surface area contributed by atoms with E-state index < -0.39 is 0 Å². The molecule has 0 aliphatic rings. The van der Waals surface area contributed by atoms with Crippen LogP contribution in [0.1, 0.15) is 41.3 Å². The molecule has 4 nitrogen and oxygen atoms in total. The van der Waals surface area contributed by atoms with Crippen LogP contribution in [0.3, 0.4) is 0 Å². The Labute approximate surface area is 132 Å². The molecule has 0 aliphatic carbocycles. The first-order valence-electron chi connectivity index (χ1n) is 7.73. The number of nitrogens with one attached hydrogen (secondary N) is 2. The molecular formula is C18H23N3O. The second kappa shape index (κ2) is 8.17. The van der Waals surface area contributed by atoms with Gasteiger partial charge < -0.3 is 10.6 Å². The van der Waals surface area contributed by atoms with Crippen LogP contribution < -0.4 is 10.6 Å². The van der Waals surface area contributed by atoms with Crippen molar-refractivity contribution in [3.8, 4) is 0 Å². The van der Waals surface area contributed by atoms with Crippen LogP contribution in [0.2, 0.25) is 0 Å². The third-order valence-electron chi connectivity index (χ3n) is 3.56. The lowest BCUT2D eigenvalue weighted by Gasteiger charge is -2.09. The minimum atomic E-state index is -0.0635. The number of benzene rings is 1. The number of carbonyl (C=O) groups excluding carboxylic acids is 1. The fraction of sp³-hybridized carbons (Fsp3) is 0.333. The average molecular weight is 297 g/mol. The zero-order valence-electron chi connectivity index (χ0n) is 13.2. The molecular weight excluding hydrogens is 274 g/mol. The highest BCUT2D eigenvalue weighted by molar-refractivity contribution is 5.94. The van der Waals surface area contributed by atoms with E-state index in [1.54, 1.807) is 12.3 Å². The molecule has 22 heavy (non-hydrogen) atoms. The van der Waals surface area contributed by atoms with Gasteiger partial charge in [0.1, 0.15) is 5.82 Å². The maximum atomic E-state index is 11.9. The fourth-order valence-electron chi connectivity index (χ4n) is 2.11.